The van der Waals surface area contributed by atoms with E-state index >= 15 is 0 Å². The Morgan fingerprint density at radius 3 is 3.00 bits per heavy atom. The van der Waals surface area contributed by atoms with Gasteiger partial charge in [-0.15, -0.1) is 11.3 Å². The lowest BCUT2D eigenvalue weighted by molar-refractivity contribution is 0.431. The van der Waals surface area contributed by atoms with Gasteiger partial charge in [0.2, 0.25) is 5.88 Å². The van der Waals surface area contributed by atoms with E-state index in [0.717, 1.165) is 29.5 Å². The predicted octanol–water partition coefficient (Wildman–Crippen LogP) is 4.87. The second kappa shape index (κ2) is 5.03. The summed E-state index contributed by atoms with van der Waals surface area (Å²) in [5.41, 5.74) is 1.27. The van der Waals surface area contributed by atoms with Crippen LogP contribution in [-0.4, -0.2) is 9.97 Å². The van der Waals surface area contributed by atoms with E-state index in [4.69, 9.17) is 4.74 Å². The van der Waals surface area contributed by atoms with Crippen LogP contribution < -0.4 is 4.74 Å². The van der Waals surface area contributed by atoms with Crippen LogP contribution in [0.1, 0.15) is 16.9 Å². The molecule has 2 heterocycles. The minimum Gasteiger partial charge on any atom is -0.435 e. The second-order valence-corrected chi connectivity index (χ2v) is 6.89. The van der Waals surface area contributed by atoms with Gasteiger partial charge < -0.3 is 4.74 Å². The topological polar surface area (TPSA) is 35.0 Å². The molecule has 1 aliphatic carbocycles. The number of ether oxygens (including phenoxy) is 1. The van der Waals surface area contributed by atoms with Crippen LogP contribution in [0, 0.1) is 5.82 Å². The highest BCUT2D eigenvalue weighted by atomic mass is 79.9. The Bertz CT molecular complexity index is 849. The van der Waals surface area contributed by atoms with Crippen LogP contribution in [0.25, 0.3) is 10.2 Å². The summed E-state index contributed by atoms with van der Waals surface area (Å²) in [5, 5.41) is 0.942. The molecule has 0 N–H and O–H groups in total. The van der Waals surface area contributed by atoms with Crippen molar-refractivity contribution in [1.82, 2.24) is 9.97 Å². The Balaban J connectivity index is 1.83. The van der Waals surface area contributed by atoms with Crippen molar-refractivity contribution < 1.29 is 9.13 Å². The normalized spacial score (nSPS) is 13.6. The fourth-order valence-corrected chi connectivity index (χ4v) is 4.19. The van der Waals surface area contributed by atoms with Gasteiger partial charge in [0.15, 0.2) is 11.6 Å². The Kier molecular flexibility index (Phi) is 3.15. The number of halogens is 2. The molecular weight excluding hydrogens is 355 g/mol. The van der Waals surface area contributed by atoms with E-state index in [1.807, 2.05) is 0 Å². The molecule has 0 fully saturated rings. The molecule has 0 saturated carbocycles. The van der Waals surface area contributed by atoms with Crippen LogP contribution in [0.4, 0.5) is 4.39 Å². The van der Waals surface area contributed by atoms with E-state index in [9.17, 15) is 4.39 Å². The number of rotatable bonds is 2. The Hall–Kier alpha value is -1.53. The molecule has 4 rings (SSSR count). The summed E-state index contributed by atoms with van der Waals surface area (Å²) in [7, 11) is 0. The van der Waals surface area contributed by atoms with E-state index in [1.165, 1.54) is 22.8 Å². The molecule has 1 aromatic carbocycles. The SMILES string of the molecule is Fc1cc(Br)ccc1Oc1ncnc2sc3c(c12)CCC3. The standard InChI is InChI=1S/C15H10BrFN2OS/c16-8-4-5-11(10(17)6-8)20-14-13-9-2-1-3-12(9)21-15(13)19-7-18-14/h4-7H,1-3H2. The third-order valence-corrected chi connectivity index (χ3v) is 5.26. The Morgan fingerprint density at radius 1 is 1.24 bits per heavy atom. The lowest BCUT2D eigenvalue weighted by atomic mass is 10.2. The zero-order chi connectivity index (χ0) is 14.4. The molecular formula is C15H10BrFN2OS. The molecule has 3 aromatic rings. The molecule has 2 aromatic heterocycles. The van der Waals surface area contributed by atoms with Crippen LogP contribution in [0.3, 0.4) is 0 Å². The van der Waals surface area contributed by atoms with Crippen molar-refractivity contribution in [2.45, 2.75) is 19.3 Å². The van der Waals surface area contributed by atoms with Crippen LogP contribution in [0.2, 0.25) is 0 Å². The van der Waals surface area contributed by atoms with Gasteiger partial charge in [0.25, 0.3) is 0 Å². The van der Waals surface area contributed by atoms with Gasteiger partial charge in [0.05, 0.1) is 5.39 Å². The summed E-state index contributed by atoms with van der Waals surface area (Å²) in [6.07, 6.45) is 4.72. The first-order valence-electron chi connectivity index (χ1n) is 6.60. The molecule has 6 heteroatoms. The molecule has 0 unspecified atom stereocenters. The Labute approximate surface area is 132 Å². The van der Waals surface area contributed by atoms with Gasteiger partial charge in [-0.2, -0.15) is 0 Å². The number of hydrogen-bond donors (Lipinski definition) is 0. The monoisotopic (exact) mass is 364 g/mol. The highest BCUT2D eigenvalue weighted by Crippen LogP contribution is 2.41. The molecule has 0 amide bonds. The molecule has 1 aliphatic rings. The lowest BCUT2D eigenvalue weighted by Gasteiger charge is -2.07. The van der Waals surface area contributed by atoms with E-state index in [-0.39, 0.29) is 5.75 Å². The van der Waals surface area contributed by atoms with Crippen LogP contribution >= 0.6 is 27.3 Å². The molecule has 21 heavy (non-hydrogen) atoms. The maximum atomic E-state index is 13.9. The zero-order valence-electron chi connectivity index (χ0n) is 10.9. The van der Waals surface area contributed by atoms with Gasteiger partial charge in [-0.3, -0.25) is 0 Å². The highest BCUT2D eigenvalue weighted by Gasteiger charge is 2.22. The summed E-state index contributed by atoms with van der Waals surface area (Å²) in [6, 6.07) is 4.72. The van der Waals surface area contributed by atoms with Crippen molar-refractivity contribution in [3.8, 4) is 11.6 Å². The molecule has 106 valence electrons. The number of aryl methyl sites for hydroxylation is 2. The summed E-state index contributed by atoms with van der Waals surface area (Å²) in [5.74, 6) is 0.208. The molecule has 3 nitrogen and oxygen atoms in total. The summed E-state index contributed by atoms with van der Waals surface area (Å²) < 4.78 is 20.3. The van der Waals surface area contributed by atoms with Crippen LogP contribution in [0.15, 0.2) is 29.0 Å². The minimum atomic E-state index is -0.414. The minimum absolute atomic E-state index is 0.177. The number of aromatic nitrogens is 2. The second-order valence-electron chi connectivity index (χ2n) is 4.89. The van der Waals surface area contributed by atoms with Crippen molar-refractivity contribution in [3.05, 3.63) is 45.3 Å². The number of benzene rings is 1. The van der Waals surface area contributed by atoms with Gasteiger partial charge >= 0.3 is 0 Å². The number of fused-ring (bicyclic) bond motifs is 3. The average molecular weight is 365 g/mol. The van der Waals surface area contributed by atoms with Gasteiger partial charge in [-0.05, 0) is 43.0 Å². The fourth-order valence-electron chi connectivity index (χ4n) is 2.64. The smallest absolute Gasteiger partial charge is 0.231 e. The van der Waals surface area contributed by atoms with E-state index < -0.39 is 5.82 Å². The quantitative estimate of drug-likeness (QED) is 0.650. The molecule has 0 atom stereocenters. The summed E-state index contributed by atoms with van der Waals surface area (Å²) >= 11 is 4.92. The van der Waals surface area contributed by atoms with Gasteiger partial charge in [0.1, 0.15) is 11.2 Å². The maximum absolute atomic E-state index is 13.9. The summed E-state index contributed by atoms with van der Waals surface area (Å²) in [4.78, 5) is 10.8. The third kappa shape index (κ3) is 2.22. The zero-order valence-corrected chi connectivity index (χ0v) is 13.3. The van der Waals surface area contributed by atoms with Crippen LogP contribution in [0.5, 0.6) is 11.6 Å². The van der Waals surface area contributed by atoms with Crippen molar-refractivity contribution in [2.24, 2.45) is 0 Å². The van der Waals surface area contributed by atoms with Crippen molar-refractivity contribution >= 4 is 37.5 Å². The summed E-state index contributed by atoms with van der Waals surface area (Å²) in [6.45, 7) is 0. The fraction of sp³-hybridized carbons (Fsp3) is 0.200. The van der Waals surface area contributed by atoms with E-state index in [0.29, 0.717) is 10.4 Å². The number of nitrogens with zero attached hydrogens (tertiary/aromatic N) is 2. The van der Waals surface area contributed by atoms with Gasteiger partial charge in [-0.1, -0.05) is 15.9 Å². The molecule has 0 bridgehead atoms. The molecule has 0 aliphatic heterocycles. The van der Waals surface area contributed by atoms with Crippen molar-refractivity contribution in [3.63, 3.8) is 0 Å². The molecule has 0 radical (unpaired) electrons. The van der Waals surface area contributed by atoms with Crippen LogP contribution in [-0.2, 0) is 12.8 Å². The number of hydrogen-bond acceptors (Lipinski definition) is 4. The van der Waals surface area contributed by atoms with Gasteiger partial charge in [-0.25, -0.2) is 14.4 Å². The first kappa shape index (κ1) is 13.2. The largest absolute Gasteiger partial charge is 0.435 e. The molecule has 0 spiro atoms. The van der Waals surface area contributed by atoms with Gasteiger partial charge in [0, 0.05) is 9.35 Å². The lowest BCUT2D eigenvalue weighted by Crippen LogP contribution is -1.93. The highest BCUT2D eigenvalue weighted by molar-refractivity contribution is 9.10. The Morgan fingerprint density at radius 2 is 2.14 bits per heavy atom. The average Bonchev–Trinajstić information content (AvgIpc) is 3.02. The van der Waals surface area contributed by atoms with E-state index in [1.54, 1.807) is 23.5 Å². The van der Waals surface area contributed by atoms with Crippen molar-refractivity contribution in [1.29, 1.82) is 0 Å². The number of thiophene rings is 1. The first-order valence-corrected chi connectivity index (χ1v) is 8.21. The van der Waals surface area contributed by atoms with Crippen molar-refractivity contribution in [2.75, 3.05) is 0 Å². The third-order valence-electron chi connectivity index (χ3n) is 3.57. The predicted molar refractivity (Wildman–Crippen MR) is 83.6 cm³/mol. The van der Waals surface area contributed by atoms with E-state index in [2.05, 4.69) is 25.9 Å². The molecule has 0 saturated heterocycles. The first-order chi connectivity index (χ1) is 10.2. The maximum Gasteiger partial charge on any atom is 0.231 e.